The van der Waals surface area contributed by atoms with E-state index in [2.05, 4.69) is 48.2 Å². The summed E-state index contributed by atoms with van der Waals surface area (Å²) in [7, 11) is 1.50. The zero-order valence-electron chi connectivity index (χ0n) is 20.1. The van der Waals surface area contributed by atoms with Crippen LogP contribution < -0.4 is 19.5 Å². The Morgan fingerprint density at radius 2 is 1.76 bits per heavy atom. The molecule has 4 heterocycles. The number of methoxy groups -OCH3 is 1. The summed E-state index contributed by atoms with van der Waals surface area (Å²) < 4.78 is 32.5. The van der Waals surface area contributed by atoms with Gasteiger partial charge in [-0.2, -0.15) is 10.1 Å². The second-order valence-electron chi connectivity index (χ2n) is 10.3. The lowest BCUT2D eigenvalue weighted by Gasteiger charge is -2.46. The van der Waals surface area contributed by atoms with Crippen molar-refractivity contribution in [3.63, 3.8) is 0 Å². The molecule has 1 saturated heterocycles. The Hall–Kier alpha value is -3.26. The molecule has 0 amide bonds. The molecule has 178 valence electrons. The highest BCUT2D eigenvalue weighted by Crippen LogP contribution is 2.41. The Balaban J connectivity index is 1.42. The molecule has 2 aliphatic heterocycles. The van der Waals surface area contributed by atoms with Gasteiger partial charge in [0.05, 0.1) is 13.3 Å². The van der Waals surface area contributed by atoms with Crippen LogP contribution in [0.15, 0.2) is 36.5 Å². The average molecular weight is 465 g/mol. The maximum Gasteiger partial charge on any atom is 0.233 e. The number of rotatable bonds is 4. The Bertz CT molecular complexity index is 1230. The van der Waals surface area contributed by atoms with Crippen LogP contribution in [0.1, 0.15) is 46.1 Å². The third-order valence-electron chi connectivity index (χ3n) is 6.27. The van der Waals surface area contributed by atoms with Crippen molar-refractivity contribution in [1.82, 2.24) is 20.5 Å². The van der Waals surface area contributed by atoms with Crippen LogP contribution in [0.2, 0.25) is 0 Å². The molecule has 2 aliphatic rings. The number of ether oxygens (including phenoxy) is 3. The van der Waals surface area contributed by atoms with Crippen molar-refractivity contribution >= 4 is 0 Å². The van der Waals surface area contributed by atoms with Gasteiger partial charge in [-0.05, 0) is 57.0 Å². The zero-order valence-corrected chi connectivity index (χ0v) is 20.1. The van der Waals surface area contributed by atoms with Crippen molar-refractivity contribution in [2.75, 3.05) is 7.11 Å². The lowest BCUT2D eigenvalue weighted by atomic mass is 9.81. The molecule has 34 heavy (non-hydrogen) atoms. The lowest BCUT2D eigenvalue weighted by Crippen LogP contribution is -2.60. The quantitative estimate of drug-likeness (QED) is 0.586. The molecule has 8 heteroatoms. The number of benzene rings is 1. The number of piperidine rings is 1. The molecule has 1 aromatic carbocycles. The fourth-order valence-corrected chi connectivity index (χ4v) is 5.24. The second-order valence-corrected chi connectivity index (χ2v) is 10.3. The monoisotopic (exact) mass is 464 g/mol. The summed E-state index contributed by atoms with van der Waals surface area (Å²) in [6.45, 7) is 9.03. The van der Waals surface area contributed by atoms with Gasteiger partial charge in [0, 0.05) is 52.7 Å². The van der Waals surface area contributed by atoms with Crippen LogP contribution >= 0.6 is 0 Å². The lowest BCUT2D eigenvalue weighted by molar-refractivity contribution is 0.0525. The standard InChI is InChI=1S/C26H29FN4O3/c1-25(2)11-17(12-26(3,4)31-25)34-22-7-6-18-19-10-21(27)20(8-16(19)14-33-24(18)29-22)15-9-23(32-5)30-28-13-15/h6-10,13,17,31H,11-12,14H2,1-5H3. The van der Waals surface area contributed by atoms with Gasteiger partial charge in [0.2, 0.25) is 17.6 Å². The highest BCUT2D eigenvalue weighted by Gasteiger charge is 2.39. The van der Waals surface area contributed by atoms with Crippen LogP contribution in [0, 0.1) is 5.82 Å². The van der Waals surface area contributed by atoms with Gasteiger partial charge in [-0.3, -0.25) is 0 Å². The van der Waals surface area contributed by atoms with Crippen molar-refractivity contribution in [2.24, 2.45) is 0 Å². The molecule has 0 aliphatic carbocycles. The first-order chi connectivity index (χ1) is 16.1. The molecular formula is C26H29FN4O3. The number of aromatic nitrogens is 3. The number of pyridine rings is 1. The molecule has 0 saturated carbocycles. The Labute approximate surface area is 198 Å². The van der Waals surface area contributed by atoms with Gasteiger partial charge in [0.1, 0.15) is 18.5 Å². The van der Waals surface area contributed by atoms with Crippen LogP contribution in [0.25, 0.3) is 22.3 Å². The van der Waals surface area contributed by atoms with E-state index in [0.717, 1.165) is 29.5 Å². The Morgan fingerprint density at radius 3 is 2.50 bits per heavy atom. The average Bonchev–Trinajstić information content (AvgIpc) is 2.76. The molecule has 0 spiro atoms. The summed E-state index contributed by atoms with van der Waals surface area (Å²) in [6, 6.07) is 8.70. The van der Waals surface area contributed by atoms with Crippen molar-refractivity contribution in [2.45, 2.75) is 64.3 Å². The topological polar surface area (TPSA) is 78.4 Å². The van der Waals surface area contributed by atoms with Crippen LogP contribution in [-0.2, 0) is 6.61 Å². The van der Waals surface area contributed by atoms with Crippen molar-refractivity contribution in [3.05, 3.63) is 47.9 Å². The molecular weight excluding hydrogens is 435 g/mol. The maximum absolute atomic E-state index is 15.1. The van der Waals surface area contributed by atoms with Crippen molar-refractivity contribution in [1.29, 1.82) is 0 Å². The van der Waals surface area contributed by atoms with E-state index in [1.165, 1.54) is 19.4 Å². The first kappa shape index (κ1) is 22.5. The summed E-state index contributed by atoms with van der Waals surface area (Å²) in [5.74, 6) is 0.944. The minimum Gasteiger partial charge on any atom is -0.480 e. The van der Waals surface area contributed by atoms with E-state index in [1.54, 1.807) is 12.1 Å². The third-order valence-corrected chi connectivity index (χ3v) is 6.27. The van der Waals surface area contributed by atoms with E-state index in [1.807, 2.05) is 12.1 Å². The fourth-order valence-electron chi connectivity index (χ4n) is 5.24. The Morgan fingerprint density at radius 1 is 1.00 bits per heavy atom. The summed E-state index contributed by atoms with van der Waals surface area (Å²) >= 11 is 0. The van der Waals surface area contributed by atoms with Crippen molar-refractivity contribution < 1.29 is 18.6 Å². The number of nitrogens with one attached hydrogen (secondary N) is 1. The SMILES string of the molecule is COc1cc(-c2cc3c(cc2F)-c2ccc(OC4CC(C)(C)NC(C)(C)C4)nc2OC3)cnn1. The first-order valence-corrected chi connectivity index (χ1v) is 11.4. The molecule has 5 rings (SSSR count). The van der Waals surface area contributed by atoms with E-state index in [9.17, 15) is 0 Å². The normalized spacial score (nSPS) is 18.4. The van der Waals surface area contributed by atoms with Crippen LogP contribution in [0.3, 0.4) is 0 Å². The number of hydrogen-bond acceptors (Lipinski definition) is 7. The number of nitrogens with zero attached hydrogens (tertiary/aromatic N) is 3. The highest BCUT2D eigenvalue weighted by atomic mass is 19.1. The zero-order chi connectivity index (χ0) is 24.1. The fraction of sp³-hybridized carbons (Fsp3) is 0.423. The van der Waals surface area contributed by atoms with Gasteiger partial charge >= 0.3 is 0 Å². The molecule has 0 bridgehead atoms. The summed E-state index contributed by atoms with van der Waals surface area (Å²) in [4.78, 5) is 4.61. The Kier molecular flexibility index (Phi) is 5.43. The van der Waals surface area contributed by atoms with Gasteiger partial charge in [-0.1, -0.05) is 0 Å². The van der Waals surface area contributed by atoms with Gasteiger partial charge in [0.25, 0.3) is 0 Å². The van der Waals surface area contributed by atoms with E-state index in [-0.39, 0.29) is 29.6 Å². The summed E-state index contributed by atoms with van der Waals surface area (Å²) in [6.07, 6.45) is 3.31. The molecule has 0 radical (unpaired) electrons. The number of fused-ring (bicyclic) bond motifs is 3. The van der Waals surface area contributed by atoms with E-state index >= 15 is 4.39 Å². The van der Waals surface area contributed by atoms with Crippen LogP contribution in [0.4, 0.5) is 4.39 Å². The molecule has 0 unspecified atom stereocenters. The van der Waals surface area contributed by atoms with Gasteiger partial charge in [0.15, 0.2) is 0 Å². The van der Waals surface area contributed by atoms with Gasteiger partial charge in [-0.15, -0.1) is 5.10 Å². The van der Waals surface area contributed by atoms with Gasteiger partial charge < -0.3 is 19.5 Å². The predicted molar refractivity (Wildman–Crippen MR) is 126 cm³/mol. The molecule has 1 fully saturated rings. The second kappa shape index (κ2) is 8.20. The number of halogens is 1. The largest absolute Gasteiger partial charge is 0.480 e. The summed E-state index contributed by atoms with van der Waals surface area (Å²) in [5, 5.41) is 11.4. The highest BCUT2D eigenvalue weighted by molar-refractivity contribution is 5.78. The molecule has 3 aromatic rings. The van der Waals surface area contributed by atoms with E-state index < -0.39 is 0 Å². The number of hydrogen-bond donors (Lipinski definition) is 1. The van der Waals surface area contributed by atoms with Crippen molar-refractivity contribution in [3.8, 4) is 39.9 Å². The predicted octanol–water partition coefficient (Wildman–Crippen LogP) is 4.93. The molecule has 2 aromatic heterocycles. The van der Waals surface area contributed by atoms with Crippen LogP contribution in [-0.4, -0.2) is 39.5 Å². The molecule has 0 atom stereocenters. The van der Waals surface area contributed by atoms with E-state index in [4.69, 9.17) is 14.2 Å². The molecule has 1 N–H and O–H groups in total. The first-order valence-electron chi connectivity index (χ1n) is 11.4. The molecule has 7 nitrogen and oxygen atoms in total. The smallest absolute Gasteiger partial charge is 0.233 e. The minimum atomic E-state index is -0.360. The minimum absolute atomic E-state index is 0.0281. The van der Waals surface area contributed by atoms with Crippen LogP contribution in [0.5, 0.6) is 17.6 Å². The van der Waals surface area contributed by atoms with Gasteiger partial charge in [-0.25, -0.2) is 4.39 Å². The third kappa shape index (κ3) is 4.42. The maximum atomic E-state index is 15.1. The summed E-state index contributed by atoms with van der Waals surface area (Å²) in [5.41, 5.74) is 3.34. The van der Waals surface area contributed by atoms with E-state index in [0.29, 0.717) is 28.8 Å².